The van der Waals surface area contributed by atoms with Crippen LogP contribution < -0.4 is 10.6 Å². The number of benzene rings is 2. The van der Waals surface area contributed by atoms with Crippen LogP contribution in [0.1, 0.15) is 25.8 Å². The number of carbonyl (C=O) groups excluding carboxylic acids is 2. The minimum atomic E-state index is -0.540. The lowest BCUT2D eigenvalue weighted by molar-refractivity contribution is -0.116. The number of aryl methyl sites for hydroxylation is 1. The van der Waals surface area contributed by atoms with E-state index in [1.54, 1.807) is 42.5 Å². The van der Waals surface area contributed by atoms with Gasteiger partial charge in [-0.05, 0) is 42.2 Å². The Hall–Kier alpha value is -2.89. The van der Waals surface area contributed by atoms with Gasteiger partial charge in [-0.15, -0.1) is 0 Å². The van der Waals surface area contributed by atoms with Crippen LogP contribution in [0.4, 0.5) is 20.6 Å². The molecule has 0 aliphatic heterocycles. The minimum Gasteiger partial charge on any atom is -0.449 e. The summed E-state index contributed by atoms with van der Waals surface area (Å²) >= 11 is 0. The van der Waals surface area contributed by atoms with Gasteiger partial charge in [0, 0.05) is 17.8 Å². The highest BCUT2D eigenvalue weighted by molar-refractivity contribution is 5.92. The Kier molecular flexibility index (Phi) is 7.14. The number of ether oxygens (including phenoxy) is 1. The van der Waals surface area contributed by atoms with Crippen molar-refractivity contribution in [3.8, 4) is 0 Å². The van der Waals surface area contributed by atoms with E-state index in [-0.39, 0.29) is 24.1 Å². The van der Waals surface area contributed by atoms with Crippen molar-refractivity contribution >= 4 is 23.4 Å². The molecular weight excluding hydrogens is 335 g/mol. The van der Waals surface area contributed by atoms with Gasteiger partial charge in [-0.3, -0.25) is 10.1 Å². The number of anilines is 2. The quantitative estimate of drug-likeness (QED) is 0.760. The smallest absolute Gasteiger partial charge is 0.411 e. The molecular formula is C20H23FN2O3. The van der Waals surface area contributed by atoms with Gasteiger partial charge < -0.3 is 10.1 Å². The van der Waals surface area contributed by atoms with Gasteiger partial charge in [-0.1, -0.05) is 38.1 Å². The van der Waals surface area contributed by atoms with Crippen molar-refractivity contribution in [1.82, 2.24) is 0 Å². The van der Waals surface area contributed by atoms with Crippen molar-refractivity contribution in [3.05, 3.63) is 59.9 Å². The first kappa shape index (κ1) is 19.4. The number of carbonyl (C=O) groups is 2. The molecule has 0 aliphatic carbocycles. The number of halogens is 1. The summed E-state index contributed by atoms with van der Waals surface area (Å²) in [5, 5.41) is 5.36. The van der Waals surface area contributed by atoms with Crippen LogP contribution in [-0.2, 0) is 16.0 Å². The summed E-state index contributed by atoms with van der Waals surface area (Å²) in [5.41, 5.74) is 1.57. The summed E-state index contributed by atoms with van der Waals surface area (Å²) in [6.07, 6.45) is -0.0609. The van der Waals surface area contributed by atoms with E-state index >= 15 is 0 Å². The zero-order valence-electron chi connectivity index (χ0n) is 14.9. The number of nitrogens with one attached hydrogen (secondary N) is 2. The summed E-state index contributed by atoms with van der Waals surface area (Å²) in [4.78, 5) is 23.7. The molecule has 0 bridgehead atoms. The molecule has 138 valence electrons. The van der Waals surface area contributed by atoms with Gasteiger partial charge in [0.25, 0.3) is 0 Å². The summed E-state index contributed by atoms with van der Waals surface area (Å²) < 4.78 is 18.6. The molecule has 0 saturated carbocycles. The van der Waals surface area contributed by atoms with Gasteiger partial charge >= 0.3 is 6.09 Å². The fourth-order valence-electron chi connectivity index (χ4n) is 2.24. The average molecular weight is 358 g/mol. The highest BCUT2D eigenvalue weighted by Gasteiger charge is 2.08. The number of amides is 2. The van der Waals surface area contributed by atoms with Crippen LogP contribution in [0.2, 0.25) is 0 Å². The van der Waals surface area contributed by atoms with Gasteiger partial charge in [0.1, 0.15) is 5.82 Å². The van der Waals surface area contributed by atoms with E-state index in [4.69, 9.17) is 4.74 Å². The average Bonchev–Trinajstić information content (AvgIpc) is 2.59. The van der Waals surface area contributed by atoms with Gasteiger partial charge in [0.2, 0.25) is 5.91 Å². The molecule has 0 fully saturated rings. The van der Waals surface area contributed by atoms with Crippen molar-refractivity contribution in [2.24, 2.45) is 5.92 Å². The fourth-order valence-corrected chi connectivity index (χ4v) is 2.24. The number of hydrogen-bond donors (Lipinski definition) is 2. The van der Waals surface area contributed by atoms with Gasteiger partial charge in [0.15, 0.2) is 0 Å². The normalized spacial score (nSPS) is 10.5. The SMILES string of the molecule is CC(C)COC(=O)Nc1cccc(NC(=O)CCc2ccccc2F)c1. The molecule has 2 N–H and O–H groups in total. The van der Waals surface area contributed by atoms with Crippen molar-refractivity contribution in [3.63, 3.8) is 0 Å². The van der Waals surface area contributed by atoms with Gasteiger partial charge in [-0.2, -0.15) is 0 Å². The summed E-state index contributed by atoms with van der Waals surface area (Å²) in [5.74, 6) is -0.292. The van der Waals surface area contributed by atoms with Crippen LogP contribution in [0.25, 0.3) is 0 Å². The molecule has 2 aromatic carbocycles. The molecule has 0 spiro atoms. The van der Waals surface area contributed by atoms with Gasteiger partial charge in [0.05, 0.1) is 6.61 Å². The molecule has 6 heteroatoms. The van der Waals surface area contributed by atoms with Crippen LogP contribution in [0.15, 0.2) is 48.5 Å². The monoisotopic (exact) mass is 358 g/mol. The third-order valence-electron chi connectivity index (χ3n) is 3.52. The Balaban J connectivity index is 1.86. The minimum absolute atomic E-state index is 0.162. The summed E-state index contributed by atoms with van der Waals surface area (Å²) in [7, 11) is 0. The van der Waals surface area contributed by atoms with Crippen LogP contribution in [0.3, 0.4) is 0 Å². The molecule has 0 heterocycles. The Morgan fingerprint density at radius 3 is 2.42 bits per heavy atom. The predicted molar refractivity (Wildman–Crippen MR) is 99.6 cm³/mol. The summed E-state index contributed by atoms with van der Waals surface area (Å²) in [6, 6.07) is 13.2. The Morgan fingerprint density at radius 2 is 1.73 bits per heavy atom. The Morgan fingerprint density at radius 1 is 1.04 bits per heavy atom. The molecule has 2 aromatic rings. The lowest BCUT2D eigenvalue weighted by Crippen LogP contribution is -2.17. The highest BCUT2D eigenvalue weighted by Crippen LogP contribution is 2.16. The fraction of sp³-hybridized carbons (Fsp3) is 0.300. The van der Waals surface area contributed by atoms with E-state index in [9.17, 15) is 14.0 Å². The first-order chi connectivity index (χ1) is 12.4. The van der Waals surface area contributed by atoms with Crippen LogP contribution >= 0.6 is 0 Å². The van der Waals surface area contributed by atoms with Crippen molar-refractivity contribution in [2.75, 3.05) is 17.2 Å². The Labute approximate surface area is 152 Å². The van der Waals surface area contributed by atoms with Gasteiger partial charge in [-0.25, -0.2) is 9.18 Å². The van der Waals surface area contributed by atoms with E-state index in [0.29, 0.717) is 30.0 Å². The first-order valence-corrected chi connectivity index (χ1v) is 8.51. The maximum Gasteiger partial charge on any atom is 0.411 e. The molecule has 0 saturated heterocycles. The standard InChI is InChI=1S/C20H23FN2O3/c1-14(2)13-26-20(25)23-17-8-5-7-16(12-17)22-19(24)11-10-15-6-3-4-9-18(15)21/h3-9,12,14H,10-11,13H2,1-2H3,(H,22,24)(H,23,25). The topological polar surface area (TPSA) is 67.4 Å². The second-order valence-electron chi connectivity index (χ2n) is 6.34. The van der Waals surface area contributed by atoms with E-state index in [1.807, 2.05) is 13.8 Å². The maximum absolute atomic E-state index is 13.6. The summed E-state index contributed by atoms with van der Waals surface area (Å²) in [6.45, 7) is 4.23. The third kappa shape index (κ3) is 6.55. The first-order valence-electron chi connectivity index (χ1n) is 8.51. The van der Waals surface area contributed by atoms with E-state index < -0.39 is 6.09 Å². The van der Waals surface area contributed by atoms with E-state index in [1.165, 1.54) is 6.07 Å². The van der Waals surface area contributed by atoms with Crippen molar-refractivity contribution in [2.45, 2.75) is 26.7 Å². The Bertz CT molecular complexity index is 762. The molecule has 0 atom stereocenters. The molecule has 2 rings (SSSR count). The predicted octanol–water partition coefficient (Wildman–Crippen LogP) is 4.60. The van der Waals surface area contributed by atoms with E-state index in [2.05, 4.69) is 10.6 Å². The third-order valence-corrected chi connectivity index (χ3v) is 3.52. The van der Waals surface area contributed by atoms with Crippen LogP contribution in [0.5, 0.6) is 0 Å². The molecule has 2 amide bonds. The lowest BCUT2D eigenvalue weighted by atomic mass is 10.1. The number of hydrogen-bond acceptors (Lipinski definition) is 3. The molecule has 5 nitrogen and oxygen atoms in total. The zero-order chi connectivity index (χ0) is 18.9. The van der Waals surface area contributed by atoms with Crippen molar-refractivity contribution < 1.29 is 18.7 Å². The lowest BCUT2D eigenvalue weighted by Gasteiger charge is -2.10. The van der Waals surface area contributed by atoms with Crippen molar-refractivity contribution in [1.29, 1.82) is 0 Å². The maximum atomic E-state index is 13.6. The second kappa shape index (κ2) is 9.56. The largest absolute Gasteiger partial charge is 0.449 e. The second-order valence-corrected chi connectivity index (χ2v) is 6.34. The number of rotatable bonds is 7. The zero-order valence-corrected chi connectivity index (χ0v) is 14.9. The van der Waals surface area contributed by atoms with E-state index in [0.717, 1.165) is 0 Å². The van der Waals surface area contributed by atoms with Crippen LogP contribution in [-0.4, -0.2) is 18.6 Å². The molecule has 26 heavy (non-hydrogen) atoms. The molecule has 0 aliphatic rings. The molecule has 0 radical (unpaired) electrons. The molecule has 0 aromatic heterocycles. The highest BCUT2D eigenvalue weighted by atomic mass is 19.1. The molecule has 0 unspecified atom stereocenters. The van der Waals surface area contributed by atoms with Crippen LogP contribution in [0, 0.1) is 11.7 Å².